The van der Waals surface area contributed by atoms with Crippen molar-refractivity contribution in [3.63, 3.8) is 0 Å². The lowest BCUT2D eigenvalue weighted by Gasteiger charge is -2.11. The predicted octanol–water partition coefficient (Wildman–Crippen LogP) is 4.29. The molecule has 0 aromatic rings. The molecular formula is C20H35NO5. The van der Waals surface area contributed by atoms with Crippen LogP contribution in [0.2, 0.25) is 0 Å². The van der Waals surface area contributed by atoms with Crippen LogP contribution in [0.3, 0.4) is 0 Å². The van der Waals surface area contributed by atoms with Gasteiger partial charge in [-0.15, -0.1) is 0 Å². The molecule has 6 nitrogen and oxygen atoms in total. The Morgan fingerprint density at radius 1 is 0.885 bits per heavy atom. The summed E-state index contributed by atoms with van der Waals surface area (Å²) in [5.74, 6) is -2.79. The van der Waals surface area contributed by atoms with Crippen molar-refractivity contribution in [1.82, 2.24) is 5.32 Å². The minimum Gasteiger partial charge on any atom is -0.481 e. The average Bonchev–Trinajstić information content (AvgIpc) is 2.59. The van der Waals surface area contributed by atoms with Crippen LogP contribution in [0.25, 0.3) is 0 Å². The number of hydrogen-bond acceptors (Lipinski definition) is 3. The Balaban J connectivity index is 3.69. The third-order valence-corrected chi connectivity index (χ3v) is 4.26. The van der Waals surface area contributed by atoms with Gasteiger partial charge >= 0.3 is 11.9 Å². The summed E-state index contributed by atoms with van der Waals surface area (Å²) in [4.78, 5) is 33.2. The second kappa shape index (κ2) is 16.6. The molecule has 0 aliphatic rings. The molecule has 0 aliphatic heterocycles. The summed E-state index contributed by atoms with van der Waals surface area (Å²) in [6, 6.07) is -1.17. The van der Waals surface area contributed by atoms with Crippen molar-refractivity contribution in [1.29, 1.82) is 0 Å². The Hall–Kier alpha value is -1.85. The molecule has 0 heterocycles. The molecule has 0 saturated carbocycles. The molecule has 0 radical (unpaired) electrons. The minimum atomic E-state index is -1.22. The highest BCUT2D eigenvalue weighted by atomic mass is 16.4. The van der Waals surface area contributed by atoms with E-state index >= 15 is 0 Å². The van der Waals surface area contributed by atoms with E-state index in [1.54, 1.807) is 6.08 Å². The van der Waals surface area contributed by atoms with Gasteiger partial charge in [0.05, 0.1) is 0 Å². The van der Waals surface area contributed by atoms with E-state index in [0.29, 0.717) is 0 Å². The topological polar surface area (TPSA) is 104 Å². The number of carbonyl (C=O) groups is 3. The fourth-order valence-electron chi connectivity index (χ4n) is 2.69. The zero-order chi connectivity index (χ0) is 19.6. The third kappa shape index (κ3) is 15.7. The monoisotopic (exact) mass is 369 g/mol. The van der Waals surface area contributed by atoms with Crippen molar-refractivity contribution >= 4 is 17.8 Å². The van der Waals surface area contributed by atoms with E-state index in [1.807, 2.05) is 0 Å². The molecule has 26 heavy (non-hydrogen) atoms. The van der Waals surface area contributed by atoms with Crippen LogP contribution in [0.4, 0.5) is 0 Å². The van der Waals surface area contributed by atoms with Crippen molar-refractivity contribution in [2.45, 2.75) is 96.4 Å². The molecule has 0 spiro atoms. The molecule has 6 heteroatoms. The number of unbranched alkanes of at least 4 members (excludes halogenated alkanes) is 10. The number of allylic oxidation sites excluding steroid dienone is 1. The normalized spacial score (nSPS) is 12.2. The van der Waals surface area contributed by atoms with E-state index in [-0.39, 0.29) is 12.8 Å². The summed E-state index contributed by atoms with van der Waals surface area (Å²) in [5.41, 5.74) is 0. The second-order valence-corrected chi connectivity index (χ2v) is 6.70. The molecule has 1 amide bonds. The summed E-state index contributed by atoms with van der Waals surface area (Å²) in [5, 5.41) is 19.9. The largest absolute Gasteiger partial charge is 0.481 e. The number of carbonyl (C=O) groups excluding carboxylic acids is 1. The molecule has 0 unspecified atom stereocenters. The third-order valence-electron chi connectivity index (χ3n) is 4.26. The molecule has 0 rings (SSSR count). The quantitative estimate of drug-likeness (QED) is 0.262. The molecule has 3 N–H and O–H groups in total. The zero-order valence-corrected chi connectivity index (χ0v) is 16.0. The second-order valence-electron chi connectivity index (χ2n) is 6.70. The summed E-state index contributed by atoms with van der Waals surface area (Å²) in [6.45, 7) is 2.22. The fourth-order valence-corrected chi connectivity index (χ4v) is 2.69. The maximum absolute atomic E-state index is 11.7. The first-order valence-electron chi connectivity index (χ1n) is 9.89. The van der Waals surface area contributed by atoms with Gasteiger partial charge in [-0.05, 0) is 25.3 Å². The number of nitrogens with one attached hydrogen (secondary N) is 1. The van der Waals surface area contributed by atoms with E-state index < -0.39 is 23.9 Å². The van der Waals surface area contributed by atoms with E-state index in [9.17, 15) is 14.4 Å². The van der Waals surface area contributed by atoms with Gasteiger partial charge in [-0.2, -0.15) is 0 Å². The molecule has 0 aromatic heterocycles. The lowest BCUT2D eigenvalue weighted by atomic mass is 10.1. The average molecular weight is 370 g/mol. The number of rotatable bonds is 17. The van der Waals surface area contributed by atoms with Crippen molar-refractivity contribution in [2.24, 2.45) is 0 Å². The van der Waals surface area contributed by atoms with Gasteiger partial charge in [-0.25, -0.2) is 4.79 Å². The number of carboxylic acids is 2. The Morgan fingerprint density at radius 3 is 1.92 bits per heavy atom. The van der Waals surface area contributed by atoms with E-state index in [2.05, 4.69) is 12.2 Å². The van der Waals surface area contributed by atoms with Gasteiger partial charge in [0.1, 0.15) is 6.04 Å². The summed E-state index contributed by atoms with van der Waals surface area (Å²) < 4.78 is 0. The first kappa shape index (κ1) is 24.1. The highest BCUT2D eigenvalue weighted by Crippen LogP contribution is 2.11. The zero-order valence-electron chi connectivity index (χ0n) is 16.0. The Kier molecular flexibility index (Phi) is 15.4. The van der Waals surface area contributed by atoms with Crippen LogP contribution < -0.4 is 5.32 Å². The SMILES string of the molecule is CCCCCCCCCCCCC=CC(=O)N[C@@H](CCC(=O)O)C(=O)O. The standard InChI is InChI=1S/C20H35NO5/c1-2-3-4-5-6-7-8-9-10-11-12-13-14-18(22)21-17(20(25)26)15-16-19(23)24/h13-14,17H,2-12,15-16H2,1H3,(H,21,22)(H,23,24)(H,25,26)/t17-/m0/s1. The van der Waals surface area contributed by atoms with Crippen LogP contribution in [0, 0.1) is 0 Å². The maximum Gasteiger partial charge on any atom is 0.326 e. The lowest BCUT2D eigenvalue weighted by Crippen LogP contribution is -2.40. The van der Waals surface area contributed by atoms with Crippen molar-refractivity contribution < 1.29 is 24.6 Å². The number of carboxylic acid groups (broad SMARTS) is 2. The predicted molar refractivity (Wildman–Crippen MR) is 102 cm³/mol. The van der Waals surface area contributed by atoms with Crippen LogP contribution in [0.1, 0.15) is 90.4 Å². The molecule has 0 aliphatic carbocycles. The van der Waals surface area contributed by atoms with Gasteiger partial charge in [0.2, 0.25) is 5.91 Å². The summed E-state index contributed by atoms with van der Waals surface area (Å²) >= 11 is 0. The molecular weight excluding hydrogens is 334 g/mol. The Morgan fingerprint density at radius 2 is 1.42 bits per heavy atom. The fraction of sp³-hybridized carbons (Fsp3) is 0.750. The minimum absolute atomic E-state index is 0.122. The van der Waals surface area contributed by atoms with Gasteiger partial charge in [-0.1, -0.05) is 70.8 Å². The molecule has 1 atom stereocenters. The van der Waals surface area contributed by atoms with Crippen molar-refractivity contribution in [3.05, 3.63) is 12.2 Å². The van der Waals surface area contributed by atoms with Crippen molar-refractivity contribution in [3.8, 4) is 0 Å². The van der Waals surface area contributed by atoms with Gasteiger partial charge in [0.15, 0.2) is 0 Å². The lowest BCUT2D eigenvalue weighted by molar-refractivity contribution is -0.142. The molecule has 150 valence electrons. The van der Waals surface area contributed by atoms with Crippen molar-refractivity contribution in [2.75, 3.05) is 0 Å². The molecule has 0 aromatic carbocycles. The Labute approximate surface area is 157 Å². The summed E-state index contributed by atoms with van der Waals surface area (Å²) in [6.07, 6.45) is 16.0. The van der Waals surface area contributed by atoms with Crippen LogP contribution in [0.5, 0.6) is 0 Å². The van der Waals surface area contributed by atoms with Crippen LogP contribution in [-0.2, 0) is 14.4 Å². The van der Waals surface area contributed by atoms with Gasteiger partial charge in [0.25, 0.3) is 0 Å². The highest BCUT2D eigenvalue weighted by Gasteiger charge is 2.19. The number of amides is 1. The molecule has 0 fully saturated rings. The first-order chi connectivity index (χ1) is 12.5. The van der Waals surface area contributed by atoms with Gasteiger partial charge in [-0.3, -0.25) is 9.59 Å². The smallest absolute Gasteiger partial charge is 0.326 e. The first-order valence-corrected chi connectivity index (χ1v) is 9.89. The van der Waals surface area contributed by atoms with E-state index in [0.717, 1.165) is 19.3 Å². The Bertz CT molecular complexity index is 434. The van der Waals surface area contributed by atoms with Crippen LogP contribution in [-0.4, -0.2) is 34.1 Å². The van der Waals surface area contributed by atoms with E-state index in [1.165, 1.54) is 57.4 Å². The highest BCUT2D eigenvalue weighted by molar-refractivity contribution is 5.91. The number of hydrogen-bond donors (Lipinski definition) is 3. The van der Waals surface area contributed by atoms with Gasteiger partial charge in [0, 0.05) is 6.42 Å². The summed E-state index contributed by atoms with van der Waals surface area (Å²) in [7, 11) is 0. The molecule has 0 bridgehead atoms. The van der Waals surface area contributed by atoms with E-state index in [4.69, 9.17) is 10.2 Å². The number of aliphatic carboxylic acids is 2. The van der Waals surface area contributed by atoms with Crippen LogP contribution >= 0.6 is 0 Å². The van der Waals surface area contributed by atoms with Crippen LogP contribution in [0.15, 0.2) is 12.2 Å². The molecule has 0 saturated heterocycles. The van der Waals surface area contributed by atoms with Gasteiger partial charge < -0.3 is 15.5 Å². The maximum atomic E-state index is 11.7.